The zero-order valence-corrected chi connectivity index (χ0v) is 7.53. The Hall–Kier alpha value is -0.570. The number of rotatable bonds is 1. The summed E-state index contributed by atoms with van der Waals surface area (Å²) in [4.78, 5) is 2.47. The average molecular weight is 168 g/mol. The van der Waals surface area contributed by atoms with Gasteiger partial charge in [0, 0.05) is 12.5 Å². The van der Waals surface area contributed by atoms with E-state index in [1.54, 1.807) is 0 Å². The molecule has 68 valence electrons. The highest BCUT2D eigenvalue weighted by Gasteiger charge is 2.35. The average Bonchev–Trinajstić information content (AvgIpc) is 2.18. The quantitative estimate of drug-likeness (QED) is 0.362. The molecule has 1 atom stereocenters. The maximum Gasteiger partial charge on any atom is 0.0586 e. The monoisotopic (exact) mass is 168 g/mol. The van der Waals surface area contributed by atoms with Gasteiger partial charge < -0.3 is 10.1 Å². The topological polar surface area (TPSA) is 35.8 Å². The number of hydrogen-bond donors (Lipinski definition) is 1. The van der Waals surface area contributed by atoms with Crippen LogP contribution in [0.5, 0.6) is 0 Å². The van der Waals surface area contributed by atoms with Crippen LogP contribution in [-0.4, -0.2) is 35.5 Å². The highest BCUT2D eigenvalue weighted by Crippen LogP contribution is 2.32. The van der Waals surface area contributed by atoms with E-state index in [0.717, 1.165) is 18.2 Å². The Kier molecular flexibility index (Phi) is 2.05. The normalized spacial score (nSPS) is 41.8. The molecule has 3 rings (SSSR count). The highest BCUT2D eigenvalue weighted by molar-refractivity contribution is 5.84. The number of oxime groups is 1. The van der Waals surface area contributed by atoms with Crippen LogP contribution in [0.2, 0.25) is 0 Å². The van der Waals surface area contributed by atoms with Gasteiger partial charge in [0.05, 0.1) is 5.71 Å². The SMILES string of the molecule is CC(=NO)[C@H]1CN2CCC1CC2. The fraction of sp³-hybridized carbons (Fsp3) is 0.889. The predicted octanol–water partition coefficient (Wildman–Crippen LogP) is 1.18. The summed E-state index contributed by atoms with van der Waals surface area (Å²) in [6, 6.07) is 0. The molecule has 3 aliphatic rings. The van der Waals surface area contributed by atoms with Crippen molar-refractivity contribution in [2.75, 3.05) is 19.6 Å². The molecular formula is C9H16N2O. The van der Waals surface area contributed by atoms with Crippen LogP contribution in [0.25, 0.3) is 0 Å². The molecule has 3 fully saturated rings. The van der Waals surface area contributed by atoms with Crippen molar-refractivity contribution in [1.82, 2.24) is 4.90 Å². The molecule has 0 unspecified atom stereocenters. The molecule has 0 amide bonds. The Balaban J connectivity index is 2.08. The largest absolute Gasteiger partial charge is 0.411 e. The van der Waals surface area contributed by atoms with E-state index in [4.69, 9.17) is 5.21 Å². The second-order valence-electron chi connectivity index (χ2n) is 3.99. The first-order valence-corrected chi connectivity index (χ1v) is 4.72. The number of hydrogen-bond acceptors (Lipinski definition) is 3. The van der Waals surface area contributed by atoms with E-state index in [1.165, 1.54) is 25.9 Å². The molecule has 0 aliphatic carbocycles. The first kappa shape index (κ1) is 8.05. The van der Waals surface area contributed by atoms with Gasteiger partial charge in [-0.3, -0.25) is 0 Å². The van der Waals surface area contributed by atoms with Gasteiger partial charge in [-0.05, 0) is 38.8 Å². The molecule has 0 saturated carbocycles. The minimum atomic E-state index is 0.525. The van der Waals surface area contributed by atoms with Crippen molar-refractivity contribution >= 4 is 5.71 Å². The molecule has 2 bridgehead atoms. The van der Waals surface area contributed by atoms with E-state index in [0.29, 0.717) is 5.92 Å². The zero-order valence-electron chi connectivity index (χ0n) is 7.53. The standard InChI is InChI=1S/C9H16N2O/c1-7(10-12)9-6-11-4-2-8(9)3-5-11/h8-9,12H,2-6H2,1H3/t9-/m1/s1. The zero-order chi connectivity index (χ0) is 8.55. The third-order valence-electron chi connectivity index (χ3n) is 3.35. The van der Waals surface area contributed by atoms with Crippen molar-refractivity contribution in [3.63, 3.8) is 0 Å². The molecule has 0 spiro atoms. The molecule has 0 radical (unpaired) electrons. The maximum absolute atomic E-state index is 8.68. The molecule has 3 heterocycles. The van der Waals surface area contributed by atoms with Gasteiger partial charge in [0.1, 0.15) is 0 Å². The fourth-order valence-corrected chi connectivity index (χ4v) is 2.51. The fourth-order valence-electron chi connectivity index (χ4n) is 2.51. The third-order valence-corrected chi connectivity index (χ3v) is 3.35. The second kappa shape index (κ2) is 3.05. The van der Waals surface area contributed by atoms with Gasteiger partial charge in [-0.15, -0.1) is 0 Å². The minimum Gasteiger partial charge on any atom is -0.411 e. The smallest absolute Gasteiger partial charge is 0.0586 e. The summed E-state index contributed by atoms with van der Waals surface area (Å²) in [7, 11) is 0. The van der Waals surface area contributed by atoms with E-state index in [-0.39, 0.29) is 0 Å². The molecule has 1 N–H and O–H groups in total. The summed E-state index contributed by atoms with van der Waals surface area (Å²) in [6.45, 7) is 5.55. The van der Waals surface area contributed by atoms with Crippen molar-refractivity contribution in [3.8, 4) is 0 Å². The van der Waals surface area contributed by atoms with Crippen LogP contribution in [-0.2, 0) is 0 Å². The van der Waals surface area contributed by atoms with Crippen molar-refractivity contribution in [3.05, 3.63) is 0 Å². The van der Waals surface area contributed by atoms with Crippen LogP contribution in [0.15, 0.2) is 5.16 Å². The lowest BCUT2D eigenvalue weighted by molar-refractivity contribution is 0.0802. The molecule has 0 aromatic carbocycles. The van der Waals surface area contributed by atoms with Gasteiger partial charge >= 0.3 is 0 Å². The Morgan fingerprint density at radius 1 is 1.42 bits per heavy atom. The van der Waals surface area contributed by atoms with Gasteiger partial charge in [-0.1, -0.05) is 5.16 Å². The van der Waals surface area contributed by atoms with E-state index >= 15 is 0 Å². The molecule has 0 aromatic rings. The Labute approximate surface area is 73.1 Å². The van der Waals surface area contributed by atoms with E-state index in [1.807, 2.05) is 6.92 Å². The predicted molar refractivity (Wildman–Crippen MR) is 47.5 cm³/mol. The molecule has 12 heavy (non-hydrogen) atoms. The van der Waals surface area contributed by atoms with Crippen LogP contribution < -0.4 is 0 Å². The molecule has 0 aromatic heterocycles. The third kappa shape index (κ3) is 1.22. The van der Waals surface area contributed by atoms with E-state index in [2.05, 4.69) is 10.1 Å². The Morgan fingerprint density at radius 3 is 2.50 bits per heavy atom. The van der Waals surface area contributed by atoms with Crippen LogP contribution in [0, 0.1) is 11.8 Å². The number of piperidine rings is 3. The van der Waals surface area contributed by atoms with Gasteiger partial charge in [-0.2, -0.15) is 0 Å². The second-order valence-corrected chi connectivity index (χ2v) is 3.99. The molecule has 3 saturated heterocycles. The van der Waals surface area contributed by atoms with E-state index in [9.17, 15) is 0 Å². The lowest BCUT2D eigenvalue weighted by Gasteiger charge is -2.44. The van der Waals surface area contributed by atoms with E-state index < -0.39 is 0 Å². The molecule has 3 aliphatic heterocycles. The summed E-state index contributed by atoms with van der Waals surface area (Å²) in [5.74, 6) is 1.31. The lowest BCUT2D eigenvalue weighted by atomic mass is 9.77. The maximum atomic E-state index is 8.68. The summed E-state index contributed by atoms with van der Waals surface area (Å²) in [5, 5.41) is 12.0. The van der Waals surface area contributed by atoms with Crippen LogP contribution in [0.4, 0.5) is 0 Å². The summed E-state index contributed by atoms with van der Waals surface area (Å²) >= 11 is 0. The van der Waals surface area contributed by atoms with Crippen LogP contribution in [0.1, 0.15) is 19.8 Å². The van der Waals surface area contributed by atoms with Crippen LogP contribution >= 0.6 is 0 Å². The molecule has 3 nitrogen and oxygen atoms in total. The van der Waals surface area contributed by atoms with Gasteiger partial charge in [0.15, 0.2) is 0 Å². The van der Waals surface area contributed by atoms with Crippen molar-refractivity contribution < 1.29 is 5.21 Å². The number of fused-ring (bicyclic) bond motifs is 3. The Morgan fingerprint density at radius 2 is 2.08 bits per heavy atom. The summed E-state index contributed by atoms with van der Waals surface area (Å²) in [6.07, 6.45) is 2.58. The lowest BCUT2D eigenvalue weighted by Crippen LogP contribution is -2.49. The van der Waals surface area contributed by atoms with Crippen LogP contribution in [0.3, 0.4) is 0 Å². The van der Waals surface area contributed by atoms with Gasteiger partial charge in [0.25, 0.3) is 0 Å². The first-order valence-electron chi connectivity index (χ1n) is 4.72. The highest BCUT2D eigenvalue weighted by atomic mass is 16.4. The molecule has 3 heteroatoms. The Bertz CT molecular complexity index is 195. The van der Waals surface area contributed by atoms with Crippen molar-refractivity contribution in [2.24, 2.45) is 17.0 Å². The van der Waals surface area contributed by atoms with Crippen molar-refractivity contribution in [2.45, 2.75) is 19.8 Å². The summed E-state index contributed by atoms with van der Waals surface area (Å²) in [5.41, 5.74) is 0.921. The molecular weight excluding hydrogens is 152 g/mol. The van der Waals surface area contributed by atoms with Gasteiger partial charge in [0.2, 0.25) is 0 Å². The van der Waals surface area contributed by atoms with Crippen molar-refractivity contribution in [1.29, 1.82) is 0 Å². The minimum absolute atomic E-state index is 0.525. The van der Waals surface area contributed by atoms with Gasteiger partial charge in [-0.25, -0.2) is 0 Å². The number of nitrogens with zero attached hydrogens (tertiary/aromatic N) is 2. The summed E-state index contributed by atoms with van der Waals surface area (Å²) < 4.78 is 0. The first-order chi connectivity index (χ1) is 5.81.